The van der Waals surface area contributed by atoms with Crippen molar-refractivity contribution in [2.45, 2.75) is 32.6 Å². The highest BCUT2D eigenvalue weighted by Gasteiger charge is 2.26. The molecule has 1 aliphatic carbocycles. The Bertz CT molecular complexity index is 972. The zero-order chi connectivity index (χ0) is 21.8. The second-order valence-electron chi connectivity index (χ2n) is 8.32. The molecule has 0 saturated carbocycles. The van der Waals surface area contributed by atoms with Crippen LogP contribution in [0.25, 0.3) is 0 Å². The molecule has 0 bridgehead atoms. The van der Waals surface area contributed by atoms with Crippen molar-refractivity contribution in [3.8, 4) is 11.8 Å². The van der Waals surface area contributed by atoms with Crippen LogP contribution in [0.2, 0.25) is 0 Å². The number of rotatable bonds is 6. The van der Waals surface area contributed by atoms with Crippen molar-refractivity contribution >= 4 is 27.9 Å². The molecule has 6 nitrogen and oxygen atoms in total. The first-order valence-electron chi connectivity index (χ1n) is 11.1. The normalized spacial score (nSPS) is 18.9. The van der Waals surface area contributed by atoms with Crippen molar-refractivity contribution in [3.05, 3.63) is 40.3 Å². The molecular weight excluding hydrogens is 408 g/mol. The number of hydrogen-bond acceptors (Lipinski definition) is 6. The van der Waals surface area contributed by atoms with Crippen molar-refractivity contribution in [3.63, 3.8) is 0 Å². The van der Waals surface area contributed by atoms with E-state index in [1.54, 1.807) is 18.4 Å². The standard InChI is InChI=1S/C24H30N4O2S/c1-3-17-8-9-18-19(15-25)24(31-22(18)14-17)26-23(29)16-27-10-12-28(13-11-27)20-6-4-5-7-21(20)30-2/h4-7,17H,3,8-14,16H2,1-2H3,(H,26,29). The molecule has 4 rings (SSSR count). The van der Waals surface area contributed by atoms with E-state index < -0.39 is 0 Å². The zero-order valence-corrected chi connectivity index (χ0v) is 19.1. The number of carbonyl (C=O) groups is 1. The number of methoxy groups -OCH3 is 1. The van der Waals surface area contributed by atoms with Gasteiger partial charge in [-0.2, -0.15) is 5.26 Å². The molecule has 1 saturated heterocycles. The van der Waals surface area contributed by atoms with Crippen molar-refractivity contribution in [1.29, 1.82) is 5.26 Å². The summed E-state index contributed by atoms with van der Waals surface area (Å²) in [5.74, 6) is 1.54. The molecule has 7 heteroatoms. The molecule has 1 atom stereocenters. The van der Waals surface area contributed by atoms with Gasteiger partial charge in [-0.15, -0.1) is 11.3 Å². The van der Waals surface area contributed by atoms with E-state index in [0.717, 1.165) is 67.4 Å². The number of fused-ring (bicyclic) bond motifs is 1. The van der Waals surface area contributed by atoms with Gasteiger partial charge in [0.05, 0.1) is 24.9 Å². The molecule has 1 amide bonds. The van der Waals surface area contributed by atoms with Gasteiger partial charge in [-0.05, 0) is 42.9 Å². The molecule has 1 N–H and O–H groups in total. The summed E-state index contributed by atoms with van der Waals surface area (Å²) in [6.07, 6.45) is 4.29. The van der Waals surface area contributed by atoms with E-state index in [0.29, 0.717) is 18.0 Å². The Morgan fingerprint density at radius 1 is 1.29 bits per heavy atom. The van der Waals surface area contributed by atoms with Gasteiger partial charge < -0.3 is 15.0 Å². The molecule has 2 heterocycles. The van der Waals surface area contributed by atoms with Crippen LogP contribution in [0.1, 0.15) is 35.8 Å². The second kappa shape index (κ2) is 9.71. The summed E-state index contributed by atoms with van der Waals surface area (Å²) in [6, 6.07) is 10.4. The largest absolute Gasteiger partial charge is 0.495 e. The monoisotopic (exact) mass is 438 g/mol. The number of piperazine rings is 1. The van der Waals surface area contributed by atoms with Gasteiger partial charge in [0, 0.05) is 31.1 Å². The van der Waals surface area contributed by atoms with Crippen LogP contribution in [-0.4, -0.2) is 50.6 Å². The molecule has 1 aliphatic heterocycles. The summed E-state index contributed by atoms with van der Waals surface area (Å²) in [6.45, 7) is 5.91. The van der Waals surface area contributed by atoms with Crippen LogP contribution in [0.4, 0.5) is 10.7 Å². The fourth-order valence-electron chi connectivity index (χ4n) is 4.62. The highest BCUT2D eigenvalue weighted by molar-refractivity contribution is 7.16. The summed E-state index contributed by atoms with van der Waals surface area (Å²) in [4.78, 5) is 18.5. The van der Waals surface area contributed by atoms with Gasteiger partial charge in [-0.1, -0.05) is 25.5 Å². The Morgan fingerprint density at radius 2 is 2.06 bits per heavy atom. The lowest BCUT2D eigenvalue weighted by Crippen LogP contribution is -2.48. The molecule has 0 radical (unpaired) electrons. The maximum atomic E-state index is 12.7. The van der Waals surface area contributed by atoms with Crippen LogP contribution in [0, 0.1) is 17.2 Å². The van der Waals surface area contributed by atoms with Crippen LogP contribution in [0.15, 0.2) is 24.3 Å². The van der Waals surface area contributed by atoms with E-state index in [1.807, 2.05) is 18.2 Å². The maximum Gasteiger partial charge on any atom is 0.239 e. The Hall–Kier alpha value is -2.56. The van der Waals surface area contributed by atoms with Crippen molar-refractivity contribution in [1.82, 2.24) is 4.90 Å². The number of ether oxygens (including phenoxy) is 1. The number of benzene rings is 1. The minimum Gasteiger partial charge on any atom is -0.495 e. The summed E-state index contributed by atoms with van der Waals surface area (Å²) in [5, 5.41) is 13.5. The number of nitrogens with zero attached hydrogens (tertiary/aromatic N) is 3. The molecule has 2 aliphatic rings. The average molecular weight is 439 g/mol. The Labute approximate surface area is 188 Å². The number of anilines is 2. The van der Waals surface area contributed by atoms with Crippen molar-refractivity contribution < 1.29 is 9.53 Å². The first kappa shape index (κ1) is 21.7. The quantitative estimate of drug-likeness (QED) is 0.741. The van der Waals surface area contributed by atoms with E-state index in [9.17, 15) is 10.1 Å². The molecule has 0 spiro atoms. The lowest BCUT2D eigenvalue weighted by molar-refractivity contribution is -0.117. The molecule has 31 heavy (non-hydrogen) atoms. The minimum absolute atomic E-state index is 0.0344. The van der Waals surface area contributed by atoms with Crippen LogP contribution >= 0.6 is 11.3 Å². The molecule has 1 fully saturated rings. The Kier molecular flexibility index (Phi) is 6.79. The minimum atomic E-state index is -0.0344. The highest BCUT2D eigenvalue weighted by Crippen LogP contribution is 2.40. The molecular formula is C24H30N4O2S. The number of nitrogens with one attached hydrogen (secondary N) is 1. The van der Waals surface area contributed by atoms with Gasteiger partial charge >= 0.3 is 0 Å². The van der Waals surface area contributed by atoms with Gasteiger partial charge in [0.1, 0.15) is 16.8 Å². The zero-order valence-electron chi connectivity index (χ0n) is 18.3. The number of thiophene rings is 1. The SMILES string of the molecule is CCC1CCc2c(sc(NC(=O)CN3CCN(c4ccccc4OC)CC3)c2C#N)C1. The first-order chi connectivity index (χ1) is 15.1. The third-order valence-electron chi connectivity index (χ3n) is 6.47. The number of hydrogen-bond donors (Lipinski definition) is 1. The Morgan fingerprint density at radius 3 is 2.77 bits per heavy atom. The van der Waals surface area contributed by atoms with Crippen LogP contribution in [0.3, 0.4) is 0 Å². The maximum absolute atomic E-state index is 12.7. The number of para-hydroxylation sites is 2. The third-order valence-corrected chi connectivity index (χ3v) is 7.64. The molecule has 2 aromatic rings. The average Bonchev–Trinajstić information content (AvgIpc) is 3.15. The molecule has 1 unspecified atom stereocenters. The van der Waals surface area contributed by atoms with Crippen molar-refractivity contribution in [2.75, 3.05) is 50.1 Å². The lowest BCUT2D eigenvalue weighted by Gasteiger charge is -2.36. The number of amides is 1. The number of carbonyl (C=O) groups excluding carboxylic acids is 1. The molecule has 164 valence electrons. The smallest absolute Gasteiger partial charge is 0.239 e. The van der Waals surface area contributed by atoms with E-state index in [2.05, 4.69) is 34.2 Å². The van der Waals surface area contributed by atoms with Gasteiger partial charge in [0.2, 0.25) is 5.91 Å². The lowest BCUT2D eigenvalue weighted by atomic mass is 9.86. The fraction of sp³-hybridized carbons (Fsp3) is 0.500. The predicted octanol–water partition coefficient (Wildman–Crippen LogP) is 3.90. The number of nitriles is 1. The molecule has 1 aromatic heterocycles. The van der Waals surface area contributed by atoms with Gasteiger partial charge in [-0.3, -0.25) is 9.69 Å². The van der Waals surface area contributed by atoms with Crippen LogP contribution in [-0.2, 0) is 17.6 Å². The summed E-state index contributed by atoms with van der Waals surface area (Å²) < 4.78 is 5.48. The van der Waals surface area contributed by atoms with E-state index in [4.69, 9.17) is 4.74 Å². The van der Waals surface area contributed by atoms with E-state index in [1.165, 1.54) is 11.3 Å². The van der Waals surface area contributed by atoms with Crippen LogP contribution < -0.4 is 15.0 Å². The highest BCUT2D eigenvalue weighted by atomic mass is 32.1. The van der Waals surface area contributed by atoms with E-state index in [-0.39, 0.29) is 5.91 Å². The second-order valence-corrected chi connectivity index (χ2v) is 9.43. The topological polar surface area (TPSA) is 68.6 Å². The fourth-order valence-corrected chi connectivity index (χ4v) is 5.94. The summed E-state index contributed by atoms with van der Waals surface area (Å²) in [7, 11) is 1.69. The third kappa shape index (κ3) is 4.70. The predicted molar refractivity (Wildman–Crippen MR) is 125 cm³/mol. The summed E-state index contributed by atoms with van der Waals surface area (Å²) >= 11 is 1.60. The van der Waals surface area contributed by atoms with Gasteiger partial charge in [0.15, 0.2) is 0 Å². The summed E-state index contributed by atoms with van der Waals surface area (Å²) in [5.41, 5.74) is 2.95. The van der Waals surface area contributed by atoms with Crippen LogP contribution in [0.5, 0.6) is 5.75 Å². The molecule has 1 aromatic carbocycles. The van der Waals surface area contributed by atoms with Gasteiger partial charge in [-0.25, -0.2) is 0 Å². The Balaban J connectivity index is 1.34. The first-order valence-corrected chi connectivity index (χ1v) is 11.9. The van der Waals surface area contributed by atoms with Crippen molar-refractivity contribution in [2.24, 2.45) is 5.92 Å². The van der Waals surface area contributed by atoms with Gasteiger partial charge in [0.25, 0.3) is 0 Å². The van der Waals surface area contributed by atoms with E-state index >= 15 is 0 Å².